The molecule has 1 heterocycles. The summed E-state index contributed by atoms with van der Waals surface area (Å²) in [5.74, 6) is -2.55. The smallest absolute Gasteiger partial charge is 0.257 e. The Balaban J connectivity index is 2.25. The Kier molecular flexibility index (Phi) is 4.37. The quantitative estimate of drug-likeness (QED) is 0.691. The number of anilines is 1. The summed E-state index contributed by atoms with van der Waals surface area (Å²) in [6, 6.07) is 6.57. The lowest BCUT2D eigenvalue weighted by Gasteiger charge is -2.04. The molecule has 0 bridgehead atoms. The van der Waals surface area contributed by atoms with Gasteiger partial charge < -0.3 is 9.88 Å². The van der Waals surface area contributed by atoms with Crippen molar-refractivity contribution in [3.05, 3.63) is 53.1 Å². The van der Waals surface area contributed by atoms with Gasteiger partial charge in [-0.15, -0.1) is 0 Å². The number of carbonyl (C=O) groups is 3. The highest BCUT2D eigenvalue weighted by molar-refractivity contribution is 6.42. The number of hydrogen-bond acceptors (Lipinski definition) is 4. The van der Waals surface area contributed by atoms with E-state index in [9.17, 15) is 18.8 Å². The van der Waals surface area contributed by atoms with Crippen molar-refractivity contribution in [3.8, 4) is 6.07 Å². The highest BCUT2D eigenvalue weighted by Crippen LogP contribution is 2.16. The standard InChI is InChI=1S/C16H12FN3O3/c1-9(21)15(22)14-6-11(8-20(14)2)16(23)19-12-3-4-13(17)10(5-12)7-18/h3-6,8H,1-2H3,(H,19,23). The normalized spacial score (nSPS) is 10.0. The summed E-state index contributed by atoms with van der Waals surface area (Å²) in [5, 5.41) is 11.3. The molecule has 0 saturated carbocycles. The van der Waals surface area contributed by atoms with Crippen LogP contribution in [0.4, 0.5) is 10.1 Å². The molecule has 1 aromatic heterocycles. The maximum Gasteiger partial charge on any atom is 0.257 e. The molecule has 23 heavy (non-hydrogen) atoms. The van der Waals surface area contributed by atoms with Gasteiger partial charge in [0.25, 0.3) is 5.91 Å². The Hall–Kier alpha value is -3.27. The van der Waals surface area contributed by atoms with E-state index in [1.165, 1.54) is 29.0 Å². The summed E-state index contributed by atoms with van der Waals surface area (Å²) in [7, 11) is 1.54. The second-order valence-corrected chi connectivity index (χ2v) is 4.87. The number of benzene rings is 1. The molecule has 6 nitrogen and oxygen atoms in total. The third-order valence-corrected chi connectivity index (χ3v) is 3.16. The van der Waals surface area contributed by atoms with E-state index in [2.05, 4.69) is 5.32 Å². The molecule has 1 N–H and O–H groups in total. The number of aromatic nitrogens is 1. The second kappa shape index (κ2) is 6.23. The van der Waals surface area contributed by atoms with Gasteiger partial charge in [0.15, 0.2) is 0 Å². The van der Waals surface area contributed by atoms with Gasteiger partial charge in [-0.3, -0.25) is 14.4 Å². The maximum atomic E-state index is 13.2. The lowest BCUT2D eigenvalue weighted by atomic mass is 10.2. The molecule has 0 saturated heterocycles. The number of carbonyl (C=O) groups excluding carboxylic acids is 3. The van der Waals surface area contributed by atoms with Gasteiger partial charge in [-0.25, -0.2) is 4.39 Å². The first kappa shape index (κ1) is 16.1. The monoisotopic (exact) mass is 313 g/mol. The molecular weight excluding hydrogens is 301 g/mol. The zero-order chi connectivity index (χ0) is 17.1. The minimum Gasteiger partial charge on any atom is -0.347 e. The fraction of sp³-hybridized carbons (Fsp3) is 0.125. The van der Waals surface area contributed by atoms with Gasteiger partial charge in [-0.1, -0.05) is 0 Å². The van der Waals surface area contributed by atoms with Gasteiger partial charge in [-0.2, -0.15) is 5.26 Å². The van der Waals surface area contributed by atoms with Gasteiger partial charge in [0.2, 0.25) is 11.6 Å². The van der Waals surface area contributed by atoms with Gasteiger partial charge in [0.1, 0.15) is 11.9 Å². The first-order valence-electron chi connectivity index (χ1n) is 6.56. The number of nitriles is 1. The molecule has 116 valence electrons. The molecule has 7 heteroatoms. The van der Waals surface area contributed by atoms with Crippen molar-refractivity contribution < 1.29 is 18.8 Å². The SMILES string of the molecule is CC(=O)C(=O)c1cc(C(=O)Nc2ccc(F)c(C#N)c2)cn1C. The van der Waals surface area contributed by atoms with Crippen molar-refractivity contribution in [2.45, 2.75) is 6.92 Å². The summed E-state index contributed by atoms with van der Waals surface area (Å²) >= 11 is 0. The molecule has 0 spiro atoms. The van der Waals surface area contributed by atoms with E-state index >= 15 is 0 Å². The summed E-state index contributed by atoms with van der Waals surface area (Å²) in [4.78, 5) is 35.0. The Morgan fingerprint density at radius 3 is 2.57 bits per heavy atom. The van der Waals surface area contributed by atoms with E-state index in [0.717, 1.165) is 13.0 Å². The van der Waals surface area contributed by atoms with Crippen molar-refractivity contribution in [2.24, 2.45) is 7.05 Å². The summed E-state index contributed by atoms with van der Waals surface area (Å²) in [6.07, 6.45) is 1.40. The molecule has 0 aliphatic carbocycles. The Morgan fingerprint density at radius 1 is 1.26 bits per heavy atom. The molecule has 0 atom stereocenters. The van der Waals surface area contributed by atoms with Crippen LogP contribution in [0.5, 0.6) is 0 Å². The van der Waals surface area contributed by atoms with Crippen LogP contribution in [0, 0.1) is 17.1 Å². The van der Waals surface area contributed by atoms with Crippen molar-refractivity contribution in [3.63, 3.8) is 0 Å². The number of hydrogen-bond donors (Lipinski definition) is 1. The number of amides is 1. The van der Waals surface area contributed by atoms with Gasteiger partial charge >= 0.3 is 0 Å². The number of aryl methyl sites for hydroxylation is 1. The molecule has 0 aliphatic heterocycles. The lowest BCUT2D eigenvalue weighted by Crippen LogP contribution is -2.13. The van der Waals surface area contributed by atoms with Gasteiger partial charge in [0, 0.05) is 25.9 Å². The van der Waals surface area contributed by atoms with Crippen LogP contribution in [-0.4, -0.2) is 22.0 Å². The van der Waals surface area contributed by atoms with Crippen LogP contribution in [-0.2, 0) is 11.8 Å². The molecule has 0 radical (unpaired) electrons. The first-order chi connectivity index (χ1) is 10.8. The Morgan fingerprint density at radius 2 is 1.96 bits per heavy atom. The fourth-order valence-electron chi connectivity index (χ4n) is 1.99. The first-order valence-corrected chi connectivity index (χ1v) is 6.56. The summed E-state index contributed by atoms with van der Waals surface area (Å²) < 4.78 is 14.6. The number of rotatable bonds is 4. The number of Topliss-reactive ketones (excluding diaryl/α,β-unsaturated/α-hetero) is 2. The zero-order valence-corrected chi connectivity index (χ0v) is 12.4. The van der Waals surface area contributed by atoms with Crippen LogP contribution in [0.15, 0.2) is 30.5 Å². The number of nitrogens with zero attached hydrogens (tertiary/aromatic N) is 2. The van der Waals surface area contributed by atoms with Crippen LogP contribution < -0.4 is 5.32 Å². The van der Waals surface area contributed by atoms with E-state index in [-0.39, 0.29) is 22.5 Å². The van der Waals surface area contributed by atoms with E-state index in [1.807, 2.05) is 0 Å². The minimum atomic E-state index is -0.694. The summed E-state index contributed by atoms with van der Waals surface area (Å²) in [5.41, 5.74) is 0.318. The number of ketones is 2. The summed E-state index contributed by atoms with van der Waals surface area (Å²) in [6.45, 7) is 1.15. The van der Waals surface area contributed by atoms with Crippen molar-refractivity contribution in [1.29, 1.82) is 5.26 Å². The molecule has 2 rings (SSSR count). The topological polar surface area (TPSA) is 92.0 Å². The lowest BCUT2D eigenvalue weighted by molar-refractivity contribution is -0.113. The zero-order valence-electron chi connectivity index (χ0n) is 12.4. The second-order valence-electron chi connectivity index (χ2n) is 4.87. The number of nitrogens with one attached hydrogen (secondary N) is 1. The maximum absolute atomic E-state index is 13.2. The van der Waals surface area contributed by atoms with E-state index in [4.69, 9.17) is 5.26 Å². The minimum absolute atomic E-state index is 0.0967. The van der Waals surface area contributed by atoms with Crippen LogP contribution in [0.25, 0.3) is 0 Å². The molecule has 2 aromatic rings. The fourth-order valence-corrected chi connectivity index (χ4v) is 1.99. The van der Waals surface area contributed by atoms with Crippen LogP contribution >= 0.6 is 0 Å². The van der Waals surface area contributed by atoms with E-state index < -0.39 is 23.3 Å². The highest BCUT2D eigenvalue weighted by atomic mass is 19.1. The molecular formula is C16H12FN3O3. The Labute approximate surface area is 131 Å². The van der Waals surface area contributed by atoms with Crippen LogP contribution in [0.3, 0.4) is 0 Å². The molecule has 0 aliphatic rings. The van der Waals surface area contributed by atoms with Crippen LogP contribution in [0.2, 0.25) is 0 Å². The van der Waals surface area contributed by atoms with Gasteiger partial charge in [-0.05, 0) is 24.3 Å². The van der Waals surface area contributed by atoms with Gasteiger partial charge in [0.05, 0.1) is 16.8 Å². The van der Waals surface area contributed by atoms with Crippen molar-refractivity contribution in [1.82, 2.24) is 4.57 Å². The largest absolute Gasteiger partial charge is 0.347 e. The van der Waals surface area contributed by atoms with E-state index in [0.29, 0.717) is 0 Å². The average Bonchev–Trinajstić information content (AvgIpc) is 2.90. The molecule has 1 amide bonds. The van der Waals surface area contributed by atoms with Crippen molar-refractivity contribution in [2.75, 3.05) is 5.32 Å². The van der Waals surface area contributed by atoms with Crippen molar-refractivity contribution >= 4 is 23.2 Å². The predicted molar refractivity (Wildman–Crippen MR) is 79.5 cm³/mol. The average molecular weight is 313 g/mol. The highest BCUT2D eigenvalue weighted by Gasteiger charge is 2.19. The molecule has 0 fully saturated rings. The molecule has 0 unspecified atom stereocenters. The Bertz CT molecular complexity index is 862. The third kappa shape index (κ3) is 3.32. The molecule has 1 aromatic carbocycles. The predicted octanol–water partition coefficient (Wildman–Crippen LogP) is 2.06. The van der Waals surface area contributed by atoms with E-state index in [1.54, 1.807) is 13.1 Å². The number of halogens is 1. The third-order valence-electron chi connectivity index (χ3n) is 3.16. The van der Waals surface area contributed by atoms with Crippen LogP contribution in [0.1, 0.15) is 33.3 Å².